The molecule has 0 aliphatic carbocycles. The number of nitrogens with one attached hydrogen (secondary N) is 2. The van der Waals surface area contributed by atoms with Crippen molar-refractivity contribution in [2.24, 2.45) is 11.7 Å². The summed E-state index contributed by atoms with van der Waals surface area (Å²) in [5, 5.41) is 14.4. The topological polar surface area (TPSA) is 122 Å². The normalized spacial score (nSPS) is 14.8. The Balaban J connectivity index is 4.83. The van der Waals surface area contributed by atoms with Crippen molar-refractivity contribution in [3.8, 4) is 0 Å². The fourth-order valence-electron chi connectivity index (χ4n) is 2.95. The number of carboxylic acid groups (broad SMARTS) is 1. The van der Waals surface area contributed by atoms with Gasteiger partial charge in [-0.3, -0.25) is 9.59 Å². The van der Waals surface area contributed by atoms with E-state index in [2.05, 4.69) is 24.5 Å². The number of carboxylic acids is 1. The van der Waals surface area contributed by atoms with Gasteiger partial charge in [0.15, 0.2) is 0 Å². The summed E-state index contributed by atoms with van der Waals surface area (Å²) in [4.78, 5) is 35.9. The van der Waals surface area contributed by atoms with Gasteiger partial charge in [-0.2, -0.15) is 0 Å². The van der Waals surface area contributed by atoms with Crippen molar-refractivity contribution in [1.29, 1.82) is 0 Å². The number of rotatable bonds is 15. The van der Waals surface area contributed by atoms with Gasteiger partial charge in [0.2, 0.25) is 11.8 Å². The molecule has 3 unspecified atom stereocenters. The molecular weight excluding hydrogens is 358 g/mol. The average molecular weight is 398 g/mol. The van der Waals surface area contributed by atoms with Gasteiger partial charge in [-0.15, -0.1) is 0 Å². The molecule has 0 fully saturated rings. The van der Waals surface area contributed by atoms with Crippen LogP contribution in [0.15, 0.2) is 11.8 Å². The minimum Gasteiger partial charge on any atom is -0.477 e. The molecule has 0 rings (SSSR count). The van der Waals surface area contributed by atoms with Crippen LogP contribution in [0, 0.1) is 5.92 Å². The lowest BCUT2D eigenvalue weighted by molar-refractivity contribution is -0.135. The average Bonchev–Trinajstić information content (AvgIpc) is 2.65. The Kier molecular flexibility index (Phi) is 14.1. The second kappa shape index (κ2) is 15.1. The van der Waals surface area contributed by atoms with Crippen LogP contribution in [0.1, 0.15) is 85.5 Å². The molecule has 0 aliphatic rings. The Morgan fingerprint density at radius 1 is 1.04 bits per heavy atom. The zero-order chi connectivity index (χ0) is 21.5. The summed E-state index contributed by atoms with van der Waals surface area (Å²) in [6, 6.07) is -0.547. The predicted octanol–water partition coefficient (Wildman–Crippen LogP) is 3.09. The highest BCUT2D eigenvalue weighted by Gasteiger charge is 2.24. The Morgan fingerprint density at radius 2 is 1.61 bits per heavy atom. The Labute approximate surface area is 169 Å². The quantitative estimate of drug-likeness (QED) is 0.250. The fraction of sp³-hybridized carbons (Fsp3) is 0.762. The zero-order valence-corrected chi connectivity index (χ0v) is 17.9. The number of nitrogens with two attached hydrogens (primary N) is 1. The molecule has 5 N–H and O–H groups in total. The molecule has 0 bridgehead atoms. The van der Waals surface area contributed by atoms with E-state index < -0.39 is 11.9 Å². The summed E-state index contributed by atoms with van der Waals surface area (Å²) < 4.78 is 0. The summed E-state index contributed by atoms with van der Waals surface area (Å²) in [6.45, 7) is 7.57. The number of allylic oxidation sites excluding steroid dienone is 1. The molecule has 0 saturated heterocycles. The molecule has 7 nitrogen and oxygen atoms in total. The van der Waals surface area contributed by atoms with Gasteiger partial charge >= 0.3 is 5.97 Å². The molecule has 0 aromatic rings. The minimum absolute atomic E-state index is 0.0396. The van der Waals surface area contributed by atoms with Gasteiger partial charge in [0.1, 0.15) is 5.70 Å². The van der Waals surface area contributed by atoms with Crippen molar-refractivity contribution in [2.75, 3.05) is 0 Å². The Morgan fingerprint density at radius 3 is 2.11 bits per heavy atom. The molecule has 0 spiro atoms. The van der Waals surface area contributed by atoms with E-state index in [1.54, 1.807) is 6.92 Å². The molecule has 28 heavy (non-hydrogen) atoms. The number of hydrogen-bond donors (Lipinski definition) is 4. The van der Waals surface area contributed by atoms with Crippen LogP contribution < -0.4 is 16.4 Å². The van der Waals surface area contributed by atoms with Crippen LogP contribution in [-0.2, 0) is 14.4 Å². The highest BCUT2D eigenvalue weighted by molar-refractivity contribution is 5.92. The number of carbonyl (C=O) groups excluding carboxylic acids is 2. The number of hydrogen-bond acceptors (Lipinski definition) is 4. The Hall–Kier alpha value is -1.89. The molecule has 0 aromatic heterocycles. The van der Waals surface area contributed by atoms with Gasteiger partial charge in [0, 0.05) is 18.5 Å². The second-order valence-electron chi connectivity index (χ2n) is 7.41. The lowest BCUT2D eigenvalue weighted by atomic mass is 9.95. The number of carbonyl (C=O) groups is 3. The van der Waals surface area contributed by atoms with Crippen molar-refractivity contribution in [2.45, 2.75) is 97.6 Å². The maximum absolute atomic E-state index is 12.6. The zero-order valence-electron chi connectivity index (χ0n) is 17.9. The lowest BCUT2D eigenvalue weighted by Gasteiger charge is -2.24. The van der Waals surface area contributed by atoms with Crippen LogP contribution in [0.5, 0.6) is 0 Å². The van der Waals surface area contributed by atoms with Gasteiger partial charge < -0.3 is 21.5 Å². The van der Waals surface area contributed by atoms with E-state index in [-0.39, 0.29) is 36.0 Å². The summed E-state index contributed by atoms with van der Waals surface area (Å²) in [6.07, 6.45) is 8.98. The van der Waals surface area contributed by atoms with Gasteiger partial charge in [0.25, 0.3) is 0 Å². The number of amides is 2. The maximum atomic E-state index is 12.6. The van der Waals surface area contributed by atoms with E-state index in [9.17, 15) is 14.4 Å². The van der Waals surface area contributed by atoms with Gasteiger partial charge in [-0.1, -0.05) is 65.4 Å². The molecule has 0 heterocycles. The first-order valence-corrected chi connectivity index (χ1v) is 10.5. The molecule has 0 radical (unpaired) electrons. The van der Waals surface area contributed by atoms with Gasteiger partial charge in [-0.05, 0) is 19.8 Å². The second-order valence-corrected chi connectivity index (χ2v) is 7.41. The fourth-order valence-corrected chi connectivity index (χ4v) is 2.95. The lowest BCUT2D eigenvalue weighted by Crippen LogP contribution is -2.46. The standard InChI is InChI=1S/C21H39N3O4/c1-5-8-10-12-16(14-19(25)24-18(7-3)21(27)28)23-20(26)15(4)17(22)13-11-9-6-2/h7,15-17H,5-6,8-14,22H2,1-4H3,(H,23,26)(H,24,25)(H,27,28). The molecular formula is C21H39N3O4. The van der Waals surface area contributed by atoms with Gasteiger partial charge in [0.05, 0.1) is 5.92 Å². The van der Waals surface area contributed by atoms with Crippen LogP contribution in [-0.4, -0.2) is 35.0 Å². The van der Waals surface area contributed by atoms with Crippen LogP contribution in [0.2, 0.25) is 0 Å². The molecule has 3 atom stereocenters. The van der Waals surface area contributed by atoms with Crippen molar-refractivity contribution in [3.05, 3.63) is 11.8 Å². The van der Waals surface area contributed by atoms with Gasteiger partial charge in [-0.25, -0.2) is 4.79 Å². The van der Waals surface area contributed by atoms with E-state index in [0.29, 0.717) is 6.42 Å². The van der Waals surface area contributed by atoms with E-state index >= 15 is 0 Å². The van der Waals surface area contributed by atoms with Crippen molar-refractivity contribution in [3.63, 3.8) is 0 Å². The molecule has 2 amide bonds. The smallest absolute Gasteiger partial charge is 0.352 e. The first kappa shape index (κ1) is 26.1. The monoisotopic (exact) mass is 397 g/mol. The number of aliphatic carboxylic acids is 1. The molecule has 0 saturated carbocycles. The van der Waals surface area contributed by atoms with E-state index in [0.717, 1.165) is 44.9 Å². The molecule has 0 aliphatic heterocycles. The van der Waals surface area contributed by atoms with Crippen LogP contribution in [0.4, 0.5) is 0 Å². The minimum atomic E-state index is -1.19. The SMILES string of the molecule is CC=C(NC(=O)CC(CCCCC)NC(=O)C(C)C(N)CCCCC)C(=O)O. The maximum Gasteiger partial charge on any atom is 0.352 e. The largest absolute Gasteiger partial charge is 0.477 e. The third-order valence-corrected chi connectivity index (χ3v) is 4.92. The summed E-state index contributed by atoms with van der Waals surface area (Å²) in [5.74, 6) is -2.09. The summed E-state index contributed by atoms with van der Waals surface area (Å²) >= 11 is 0. The van der Waals surface area contributed by atoms with E-state index in [1.807, 2.05) is 6.92 Å². The summed E-state index contributed by atoms with van der Waals surface area (Å²) in [5.41, 5.74) is 6.00. The van der Waals surface area contributed by atoms with Crippen LogP contribution >= 0.6 is 0 Å². The highest BCUT2D eigenvalue weighted by Crippen LogP contribution is 2.13. The third-order valence-electron chi connectivity index (χ3n) is 4.92. The molecule has 0 aromatic carbocycles. The van der Waals surface area contributed by atoms with Crippen LogP contribution in [0.3, 0.4) is 0 Å². The number of unbranched alkanes of at least 4 members (excludes halogenated alkanes) is 4. The van der Waals surface area contributed by atoms with Crippen molar-refractivity contribution in [1.82, 2.24) is 10.6 Å². The Bertz CT molecular complexity index is 520. The highest BCUT2D eigenvalue weighted by atomic mass is 16.4. The van der Waals surface area contributed by atoms with Crippen molar-refractivity contribution < 1.29 is 19.5 Å². The first-order chi connectivity index (χ1) is 13.3. The predicted molar refractivity (Wildman–Crippen MR) is 112 cm³/mol. The molecule has 162 valence electrons. The van der Waals surface area contributed by atoms with Crippen LogP contribution in [0.25, 0.3) is 0 Å². The van der Waals surface area contributed by atoms with E-state index in [4.69, 9.17) is 10.8 Å². The molecule has 7 heteroatoms. The van der Waals surface area contributed by atoms with E-state index in [1.165, 1.54) is 6.08 Å². The third kappa shape index (κ3) is 11.1. The summed E-state index contributed by atoms with van der Waals surface area (Å²) in [7, 11) is 0. The first-order valence-electron chi connectivity index (χ1n) is 10.5. The van der Waals surface area contributed by atoms with Crippen molar-refractivity contribution >= 4 is 17.8 Å².